The summed E-state index contributed by atoms with van der Waals surface area (Å²) in [5, 5.41) is 0.392. The van der Waals surface area contributed by atoms with Crippen LogP contribution in [0.4, 0.5) is 0 Å². The maximum atomic E-state index is 11.1. The van der Waals surface area contributed by atoms with Crippen molar-refractivity contribution >= 4 is 21.7 Å². The van der Waals surface area contributed by atoms with E-state index in [0.717, 1.165) is 11.3 Å². The van der Waals surface area contributed by atoms with Gasteiger partial charge in [0, 0.05) is 6.42 Å². The molecule has 2 nitrogen and oxygen atoms in total. The highest BCUT2D eigenvalue weighted by molar-refractivity contribution is 9.09. The molecule has 2 rings (SSSR count). The molecule has 0 fully saturated rings. The van der Waals surface area contributed by atoms with Gasteiger partial charge >= 0.3 is 0 Å². The molecule has 2 aromatic carbocycles. The van der Waals surface area contributed by atoms with E-state index in [1.54, 1.807) is 0 Å². The highest BCUT2D eigenvalue weighted by atomic mass is 79.9. The number of ketones is 1. The van der Waals surface area contributed by atoms with E-state index in [9.17, 15) is 4.79 Å². The maximum absolute atomic E-state index is 11.1. The Bertz CT molecular complexity index is 520. The molecule has 0 aliphatic heterocycles. The molecule has 0 saturated heterocycles. The monoisotopic (exact) mass is 318 g/mol. The second-order valence-electron chi connectivity index (χ2n) is 4.16. The van der Waals surface area contributed by atoms with Gasteiger partial charge in [0.15, 0.2) is 0 Å². The predicted octanol–water partition coefficient (Wildman–Crippen LogP) is 4.09. The van der Waals surface area contributed by atoms with Crippen LogP contribution in [-0.4, -0.2) is 17.7 Å². The average molecular weight is 319 g/mol. The third-order valence-corrected chi connectivity index (χ3v) is 3.39. The third-order valence-electron chi connectivity index (χ3n) is 2.76. The van der Waals surface area contributed by atoms with E-state index in [1.165, 1.54) is 5.56 Å². The molecule has 0 unspecified atom stereocenters. The van der Waals surface area contributed by atoms with Crippen LogP contribution >= 0.6 is 15.9 Å². The number of hydrogen-bond acceptors (Lipinski definition) is 2. The number of carbonyl (C=O) groups is 1. The number of ether oxygens (including phenoxy) is 1. The van der Waals surface area contributed by atoms with E-state index in [-0.39, 0.29) is 5.78 Å². The van der Waals surface area contributed by atoms with E-state index in [0.29, 0.717) is 18.4 Å². The number of rotatable bonds is 6. The first-order valence-corrected chi connectivity index (χ1v) is 7.27. The van der Waals surface area contributed by atoms with Gasteiger partial charge in [0.25, 0.3) is 0 Å². The van der Waals surface area contributed by atoms with Crippen molar-refractivity contribution in [2.45, 2.75) is 6.42 Å². The van der Waals surface area contributed by atoms with Crippen molar-refractivity contribution in [2.24, 2.45) is 0 Å². The smallest absolute Gasteiger partial charge is 0.146 e. The molecule has 0 radical (unpaired) electrons. The standard InChI is InChI=1S/C16H15BrO2/c17-12-15(18)10-11-19-16-8-6-14(7-9-16)13-4-2-1-3-5-13/h1-9H,10-12H2. The molecule has 0 atom stereocenters. The second kappa shape index (κ2) is 7.10. The summed E-state index contributed by atoms with van der Waals surface area (Å²) < 4.78 is 5.53. The Morgan fingerprint density at radius 3 is 2.21 bits per heavy atom. The lowest BCUT2D eigenvalue weighted by molar-refractivity contribution is -0.116. The molecule has 0 aliphatic rings. The number of hydrogen-bond donors (Lipinski definition) is 0. The van der Waals surface area contributed by atoms with Gasteiger partial charge in [-0.15, -0.1) is 0 Å². The normalized spacial score (nSPS) is 10.2. The highest BCUT2D eigenvalue weighted by Gasteiger charge is 2.01. The van der Waals surface area contributed by atoms with Gasteiger partial charge in [0.2, 0.25) is 0 Å². The largest absolute Gasteiger partial charge is 0.493 e. The molecule has 3 heteroatoms. The summed E-state index contributed by atoms with van der Waals surface area (Å²) in [4.78, 5) is 11.1. The van der Waals surface area contributed by atoms with Crippen LogP contribution in [0.25, 0.3) is 11.1 Å². The Hall–Kier alpha value is -1.61. The van der Waals surface area contributed by atoms with E-state index < -0.39 is 0 Å². The predicted molar refractivity (Wildman–Crippen MR) is 80.8 cm³/mol. The van der Waals surface area contributed by atoms with Gasteiger partial charge < -0.3 is 4.74 Å². The lowest BCUT2D eigenvalue weighted by Crippen LogP contribution is -2.06. The minimum absolute atomic E-state index is 0.154. The maximum Gasteiger partial charge on any atom is 0.146 e. The van der Waals surface area contributed by atoms with Crippen LogP contribution in [0.15, 0.2) is 54.6 Å². The van der Waals surface area contributed by atoms with Crippen molar-refractivity contribution in [1.29, 1.82) is 0 Å². The van der Waals surface area contributed by atoms with E-state index in [2.05, 4.69) is 28.1 Å². The molecule has 0 amide bonds. The van der Waals surface area contributed by atoms with Gasteiger partial charge in [-0.25, -0.2) is 0 Å². The summed E-state index contributed by atoms with van der Waals surface area (Å²) in [5.41, 5.74) is 2.34. The van der Waals surface area contributed by atoms with Gasteiger partial charge in [0.1, 0.15) is 11.5 Å². The SMILES string of the molecule is O=C(CBr)CCOc1ccc(-c2ccccc2)cc1. The van der Waals surface area contributed by atoms with Crippen LogP contribution in [0, 0.1) is 0 Å². The van der Waals surface area contributed by atoms with E-state index in [1.807, 2.05) is 42.5 Å². The third kappa shape index (κ3) is 4.21. The fourth-order valence-corrected chi connectivity index (χ4v) is 2.00. The average Bonchev–Trinajstić information content (AvgIpc) is 2.48. The van der Waals surface area contributed by atoms with E-state index >= 15 is 0 Å². The Morgan fingerprint density at radius 2 is 1.58 bits per heavy atom. The molecule has 0 spiro atoms. The summed E-state index contributed by atoms with van der Waals surface area (Å²) >= 11 is 3.13. The van der Waals surface area contributed by atoms with Crippen LogP contribution < -0.4 is 4.74 Å². The molecular formula is C16H15BrO2. The molecule has 0 aliphatic carbocycles. The summed E-state index contributed by atoms with van der Waals surface area (Å²) in [7, 11) is 0. The zero-order valence-corrected chi connectivity index (χ0v) is 12.1. The lowest BCUT2D eigenvalue weighted by Gasteiger charge is -2.06. The molecule has 2 aromatic rings. The van der Waals surface area contributed by atoms with Gasteiger partial charge in [-0.1, -0.05) is 58.4 Å². The summed E-state index contributed by atoms with van der Waals surface area (Å²) in [6.07, 6.45) is 0.436. The number of carbonyl (C=O) groups excluding carboxylic acids is 1. The summed E-state index contributed by atoms with van der Waals surface area (Å²) in [5.74, 6) is 0.947. The first-order valence-electron chi connectivity index (χ1n) is 6.15. The Balaban J connectivity index is 1.94. The Kier molecular flexibility index (Phi) is 5.16. The first-order chi connectivity index (χ1) is 9.29. The van der Waals surface area contributed by atoms with Gasteiger partial charge in [-0.05, 0) is 23.3 Å². The number of alkyl halides is 1. The first kappa shape index (κ1) is 13.8. The zero-order chi connectivity index (χ0) is 13.5. The molecule has 98 valence electrons. The van der Waals surface area contributed by atoms with Crippen molar-refractivity contribution < 1.29 is 9.53 Å². The van der Waals surface area contributed by atoms with Crippen molar-refractivity contribution in [3.05, 3.63) is 54.6 Å². The number of halogens is 1. The summed E-state index contributed by atoms with van der Waals surface area (Å²) in [6, 6.07) is 18.1. The minimum Gasteiger partial charge on any atom is -0.493 e. The molecule has 0 saturated carbocycles. The van der Waals surface area contributed by atoms with Crippen molar-refractivity contribution in [3.8, 4) is 16.9 Å². The van der Waals surface area contributed by atoms with Crippen molar-refractivity contribution in [1.82, 2.24) is 0 Å². The molecule has 0 aromatic heterocycles. The minimum atomic E-state index is 0.154. The fourth-order valence-electron chi connectivity index (χ4n) is 1.72. The second-order valence-corrected chi connectivity index (χ2v) is 4.72. The quantitative estimate of drug-likeness (QED) is 0.750. The molecule has 0 N–H and O–H groups in total. The Morgan fingerprint density at radius 1 is 0.947 bits per heavy atom. The molecule has 0 heterocycles. The number of benzene rings is 2. The topological polar surface area (TPSA) is 26.3 Å². The van der Waals surface area contributed by atoms with E-state index in [4.69, 9.17) is 4.74 Å². The van der Waals surface area contributed by atoms with Crippen LogP contribution in [0.3, 0.4) is 0 Å². The molecule has 0 bridgehead atoms. The van der Waals surface area contributed by atoms with Gasteiger partial charge in [-0.2, -0.15) is 0 Å². The molecule has 19 heavy (non-hydrogen) atoms. The van der Waals surface area contributed by atoms with Crippen LogP contribution in [0.2, 0.25) is 0 Å². The zero-order valence-electron chi connectivity index (χ0n) is 10.5. The summed E-state index contributed by atoms with van der Waals surface area (Å²) in [6.45, 7) is 0.426. The number of Topliss-reactive ketones (excluding diaryl/α,β-unsaturated/α-hetero) is 1. The Labute approximate surface area is 121 Å². The van der Waals surface area contributed by atoms with Crippen LogP contribution in [0.1, 0.15) is 6.42 Å². The fraction of sp³-hybridized carbons (Fsp3) is 0.188. The highest BCUT2D eigenvalue weighted by Crippen LogP contribution is 2.22. The van der Waals surface area contributed by atoms with Gasteiger partial charge in [0.05, 0.1) is 11.9 Å². The van der Waals surface area contributed by atoms with Crippen molar-refractivity contribution in [2.75, 3.05) is 11.9 Å². The molecular weight excluding hydrogens is 304 g/mol. The van der Waals surface area contributed by atoms with Gasteiger partial charge in [-0.3, -0.25) is 4.79 Å². The lowest BCUT2D eigenvalue weighted by atomic mass is 10.1. The van der Waals surface area contributed by atoms with Crippen molar-refractivity contribution in [3.63, 3.8) is 0 Å². The van der Waals surface area contributed by atoms with Crippen LogP contribution in [0.5, 0.6) is 5.75 Å². The van der Waals surface area contributed by atoms with Crippen LogP contribution in [-0.2, 0) is 4.79 Å².